The van der Waals surface area contributed by atoms with Crippen LogP contribution in [0.3, 0.4) is 0 Å². The zero-order valence-electron chi connectivity index (χ0n) is 10.7. The summed E-state index contributed by atoms with van der Waals surface area (Å²) in [6, 6.07) is 3.81. The Balaban J connectivity index is 1.95. The summed E-state index contributed by atoms with van der Waals surface area (Å²) in [5.41, 5.74) is 2.02. The predicted molar refractivity (Wildman–Crippen MR) is 72.9 cm³/mol. The van der Waals surface area contributed by atoms with Crippen LogP contribution >= 0.6 is 0 Å². The summed E-state index contributed by atoms with van der Waals surface area (Å²) in [6.45, 7) is 2.45. The molecule has 0 spiro atoms. The summed E-state index contributed by atoms with van der Waals surface area (Å²) >= 11 is 0. The molecule has 6 nitrogen and oxygen atoms in total. The third kappa shape index (κ3) is 3.87. The minimum absolute atomic E-state index is 0.0916. The van der Waals surface area contributed by atoms with E-state index in [-0.39, 0.29) is 5.75 Å². The van der Waals surface area contributed by atoms with Crippen molar-refractivity contribution < 1.29 is 8.42 Å². The highest BCUT2D eigenvalue weighted by atomic mass is 32.2. The molecule has 19 heavy (non-hydrogen) atoms. The molecule has 2 heterocycles. The smallest absolute Gasteiger partial charge is 0.211 e. The fraction of sp³-hybridized carbons (Fsp3) is 0.333. The molecule has 0 radical (unpaired) electrons. The van der Waals surface area contributed by atoms with Gasteiger partial charge in [-0.1, -0.05) is 0 Å². The van der Waals surface area contributed by atoms with Crippen LogP contribution in [-0.4, -0.2) is 35.5 Å². The van der Waals surface area contributed by atoms with Crippen LogP contribution in [0.15, 0.2) is 36.9 Å². The van der Waals surface area contributed by atoms with Gasteiger partial charge in [0, 0.05) is 30.7 Å². The van der Waals surface area contributed by atoms with E-state index in [1.807, 2.05) is 18.3 Å². The maximum atomic E-state index is 11.3. The Morgan fingerprint density at radius 1 is 1.26 bits per heavy atom. The molecule has 0 amide bonds. The van der Waals surface area contributed by atoms with Crippen molar-refractivity contribution in [1.29, 1.82) is 0 Å². The molecule has 1 N–H and O–H groups in total. The largest absolute Gasteiger partial charge is 0.271 e. The van der Waals surface area contributed by atoms with Gasteiger partial charge in [-0.2, -0.15) is 5.10 Å². The fourth-order valence-corrected chi connectivity index (χ4v) is 2.20. The lowest BCUT2D eigenvalue weighted by atomic mass is 10.1. The summed E-state index contributed by atoms with van der Waals surface area (Å²) < 4.78 is 26.8. The third-order valence-corrected chi connectivity index (χ3v) is 4.09. The Hall–Kier alpha value is -1.73. The highest BCUT2D eigenvalue weighted by Gasteiger charge is 2.06. The van der Waals surface area contributed by atoms with E-state index in [0.29, 0.717) is 13.1 Å². The van der Waals surface area contributed by atoms with Gasteiger partial charge in [-0.05, 0) is 24.6 Å². The van der Waals surface area contributed by atoms with E-state index < -0.39 is 10.0 Å². The van der Waals surface area contributed by atoms with Gasteiger partial charge in [-0.3, -0.25) is 9.67 Å². The number of pyridine rings is 1. The molecule has 0 bridgehead atoms. The van der Waals surface area contributed by atoms with Crippen LogP contribution in [0.5, 0.6) is 0 Å². The van der Waals surface area contributed by atoms with Gasteiger partial charge < -0.3 is 0 Å². The van der Waals surface area contributed by atoms with Crippen LogP contribution in [0.2, 0.25) is 0 Å². The molecule has 0 aliphatic heterocycles. The van der Waals surface area contributed by atoms with Gasteiger partial charge in [0.15, 0.2) is 0 Å². The molecule has 0 aromatic carbocycles. The van der Waals surface area contributed by atoms with Gasteiger partial charge in [0.25, 0.3) is 0 Å². The van der Waals surface area contributed by atoms with E-state index in [2.05, 4.69) is 14.8 Å². The number of nitrogens with zero attached hydrogens (tertiary/aromatic N) is 3. The molecule has 102 valence electrons. The summed E-state index contributed by atoms with van der Waals surface area (Å²) in [6.07, 6.45) is 7.09. The van der Waals surface area contributed by atoms with E-state index in [1.54, 1.807) is 30.2 Å². The predicted octanol–water partition coefficient (Wildman–Crippen LogP) is 0.884. The van der Waals surface area contributed by atoms with Crippen LogP contribution in [0.1, 0.15) is 6.92 Å². The van der Waals surface area contributed by atoms with Crippen molar-refractivity contribution in [2.45, 2.75) is 13.5 Å². The lowest BCUT2D eigenvalue weighted by Crippen LogP contribution is -2.28. The van der Waals surface area contributed by atoms with Crippen molar-refractivity contribution in [2.75, 3.05) is 12.3 Å². The molecule has 0 fully saturated rings. The number of nitrogens with one attached hydrogen (secondary N) is 1. The SMILES string of the molecule is CCS(=O)(=O)NCCn1cc(-c2ccncc2)cn1. The fourth-order valence-electron chi connectivity index (χ4n) is 1.60. The van der Waals surface area contributed by atoms with Crippen LogP contribution in [0, 0.1) is 0 Å². The summed E-state index contributed by atoms with van der Waals surface area (Å²) in [7, 11) is -3.13. The van der Waals surface area contributed by atoms with Gasteiger partial charge in [0.2, 0.25) is 10.0 Å². The highest BCUT2D eigenvalue weighted by Crippen LogP contribution is 2.16. The first-order valence-corrected chi connectivity index (χ1v) is 7.66. The zero-order valence-corrected chi connectivity index (χ0v) is 11.5. The third-order valence-electron chi connectivity index (χ3n) is 2.69. The molecule has 2 aromatic heterocycles. The average Bonchev–Trinajstić information content (AvgIpc) is 2.88. The molecule has 2 aromatic rings. The molecular weight excluding hydrogens is 264 g/mol. The van der Waals surface area contributed by atoms with Crippen molar-refractivity contribution in [2.24, 2.45) is 0 Å². The first-order chi connectivity index (χ1) is 9.11. The Labute approximate surface area is 112 Å². The van der Waals surface area contributed by atoms with Crippen LogP contribution in [-0.2, 0) is 16.6 Å². The minimum atomic E-state index is -3.13. The summed E-state index contributed by atoms with van der Waals surface area (Å²) in [5, 5.41) is 4.20. The van der Waals surface area contributed by atoms with Crippen LogP contribution in [0.4, 0.5) is 0 Å². The molecule has 0 unspecified atom stereocenters. The van der Waals surface area contributed by atoms with Gasteiger partial charge in [0.1, 0.15) is 0 Å². The lowest BCUT2D eigenvalue weighted by Gasteiger charge is -2.04. The van der Waals surface area contributed by atoms with E-state index >= 15 is 0 Å². The first-order valence-electron chi connectivity index (χ1n) is 6.01. The average molecular weight is 280 g/mol. The minimum Gasteiger partial charge on any atom is -0.271 e. The van der Waals surface area contributed by atoms with Crippen molar-refractivity contribution in [3.8, 4) is 11.1 Å². The molecule has 0 saturated carbocycles. The quantitative estimate of drug-likeness (QED) is 0.852. The Morgan fingerprint density at radius 2 is 2.00 bits per heavy atom. The molecule has 2 rings (SSSR count). The molecule has 0 aliphatic rings. The molecular formula is C12H16N4O2S. The van der Waals surface area contributed by atoms with Gasteiger partial charge in [-0.15, -0.1) is 0 Å². The molecule has 0 atom stereocenters. The zero-order chi connectivity index (χ0) is 13.7. The van der Waals surface area contributed by atoms with Crippen molar-refractivity contribution >= 4 is 10.0 Å². The summed E-state index contributed by atoms with van der Waals surface area (Å²) in [4.78, 5) is 3.96. The first kappa shape index (κ1) is 13.7. The molecule has 7 heteroatoms. The Bertz CT molecular complexity index is 622. The maximum Gasteiger partial charge on any atom is 0.211 e. The van der Waals surface area contributed by atoms with E-state index in [4.69, 9.17) is 0 Å². The van der Waals surface area contributed by atoms with Crippen molar-refractivity contribution in [3.63, 3.8) is 0 Å². The van der Waals surface area contributed by atoms with E-state index in [0.717, 1.165) is 11.1 Å². The second kappa shape index (κ2) is 5.94. The standard InChI is InChI=1S/C12H16N4O2S/c1-2-19(17,18)15-7-8-16-10-12(9-14-16)11-3-5-13-6-4-11/h3-6,9-10,15H,2,7-8H2,1H3. The second-order valence-electron chi connectivity index (χ2n) is 4.03. The van der Waals surface area contributed by atoms with Crippen LogP contribution < -0.4 is 4.72 Å². The van der Waals surface area contributed by atoms with Crippen molar-refractivity contribution in [3.05, 3.63) is 36.9 Å². The number of sulfonamides is 1. The van der Waals surface area contributed by atoms with E-state index in [1.165, 1.54) is 0 Å². The number of hydrogen-bond donors (Lipinski definition) is 1. The van der Waals surface area contributed by atoms with E-state index in [9.17, 15) is 8.42 Å². The van der Waals surface area contributed by atoms with Gasteiger partial charge in [0.05, 0.1) is 18.5 Å². The normalized spacial score (nSPS) is 11.6. The van der Waals surface area contributed by atoms with Gasteiger partial charge in [-0.25, -0.2) is 13.1 Å². The van der Waals surface area contributed by atoms with Gasteiger partial charge >= 0.3 is 0 Å². The Kier molecular flexibility index (Phi) is 4.28. The topological polar surface area (TPSA) is 76.9 Å². The number of aromatic nitrogens is 3. The second-order valence-corrected chi connectivity index (χ2v) is 6.12. The summed E-state index contributed by atoms with van der Waals surface area (Å²) in [5.74, 6) is 0.0916. The monoisotopic (exact) mass is 280 g/mol. The molecule has 0 saturated heterocycles. The Morgan fingerprint density at radius 3 is 2.68 bits per heavy atom. The van der Waals surface area contributed by atoms with Crippen molar-refractivity contribution in [1.82, 2.24) is 19.5 Å². The maximum absolute atomic E-state index is 11.3. The van der Waals surface area contributed by atoms with Crippen LogP contribution in [0.25, 0.3) is 11.1 Å². The lowest BCUT2D eigenvalue weighted by molar-refractivity contribution is 0.562. The number of rotatable bonds is 6. The molecule has 0 aliphatic carbocycles. The highest BCUT2D eigenvalue weighted by molar-refractivity contribution is 7.89. The number of hydrogen-bond acceptors (Lipinski definition) is 4.